The van der Waals surface area contributed by atoms with Gasteiger partial charge in [-0.05, 0) is 42.3 Å². The number of hydrogen-bond donors (Lipinski definition) is 0. The summed E-state index contributed by atoms with van der Waals surface area (Å²) < 4.78 is 44.1. The van der Waals surface area contributed by atoms with Crippen LogP contribution in [0.5, 0.6) is 0 Å². The predicted molar refractivity (Wildman–Crippen MR) is 90.6 cm³/mol. The summed E-state index contributed by atoms with van der Waals surface area (Å²) >= 11 is 12.4. The predicted octanol–water partition coefficient (Wildman–Crippen LogP) is 6.47. The second-order valence-corrected chi connectivity index (χ2v) is 6.43. The van der Waals surface area contributed by atoms with E-state index in [2.05, 4.69) is 0 Å². The van der Waals surface area contributed by atoms with Gasteiger partial charge in [-0.2, -0.15) is 13.2 Å². The summed E-state index contributed by atoms with van der Waals surface area (Å²) in [4.78, 5) is 11.0. The zero-order valence-corrected chi connectivity index (χ0v) is 14.4. The molecular weight excluding hydrogens is 376 g/mol. The quantitative estimate of drug-likeness (QED) is 0.482. The molecule has 3 aromatic rings. The van der Waals surface area contributed by atoms with Crippen LogP contribution in [0.25, 0.3) is 11.0 Å². The number of alkyl halides is 3. The molecule has 2 nitrogen and oxygen atoms in total. The Balaban J connectivity index is 2.12. The lowest BCUT2D eigenvalue weighted by molar-refractivity contribution is -0.137. The third-order valence-corrected chi connectivity index (χ3v) is 4.79. The first-order valence-electron chi connectivity index (χ1n) is 7.22. The van der Waals surface area contributed by atoms with Gasteiger partial charge in [0, 0.05) is 28.0 Å². The number of halogens is 5. The molecule has 1 aromatic heterocycles. The fourth-order valence-corrected chi connectivity index (χ4v) is 3.35. The maximum Gasteiger partial charge on any atom is 0.416 e. The topological polar surface area (TPSA) is 30.2 Å². The number of furan rings is 1. The average Bonchev–Trinajstić information content (AvgIpc) is 2.94. The molecule has 0 aliphatic carbocycles. The average molecular weight is 387 g/mol. The fourth-order valence-electron chi connectivity index (χ4n) is 2.81. The van der Waals surface area contributed by atoms with Crippen LogP contribution in [0.15, 0.2) is 34.9 Å². The Hall–Kier alpha value is -1.98. The zero-order chi connectivity index (χ0) is 18.4. The first kappa shape index (κ1) is 17.8. The molecule has 25 heavy (non-hydrogen) atoms. The third kappa shape index (κ3) is 3.26. The molecule has 3 rings (SSSR count). The number of carbonyl (C=O) groups is 1. The highest BCUT2D eigenvalue weighted by Crippen LogP contribution is 2.37. The summed E-state index contributed by atoms with van der Waals surface area (Å²) in [6, 6.07) is 5.11. The Morgan fingerprint density at radius 2 is 1.92 bits per heavy atom. The highest BCUT2D eigenvalue weighted by atomic mass is 35.5. The van der Waals surface area contributed by atoms with Gasteiger partial charge in [0.25, 0.3) is 0 Å². The molecule has 2 aromatic carbocycles. The van der Waals surface area contributed by atoms with Gasteiger partial charge >= 0.3 is 6.18 Å². The van der Waals surface area contributed by atoms with E-state index in [1.165, 1.54) is 12.3 Å². The van der Waals surface area contributed by atoms with Crippen molar-refractivity contribution >= 4 is 40.5 Å². The van der Waals surface area contributed by atoms with E-state index in [4.69, 9.17) is 27.6 Å². The number of hydrogen-bond acceptors (Lipinski definition) is 2. The van der Waals surface area contributed by atoms with Gasteiger partial charge in [0.1, 0.15) is 5.58 Å². The molecule has 0 fully saturated rings. The van der Waals surface area contributed by atoms with Crippen LogP contribution >= 0.6 is 23.2 Å². The standard InChI is InChI=1S/C18H11Cl2F3O2/c1-9-4-12(18(21,22)23)6-15-16(9)11(8-25-15)5-13-14(19)3-2-10(7-24)17(13)20/h2-4,6-8H,5H2,1H3. The minimum absolute atomic E-state index is 0.140. The van der Waals surface area contributed by atoms with Gasteiger partial charge in [0.2, 0.25) is 0 Å². The van der Waals surface area contributed by atoms with Gasteiger partial charge in [-0.15, -0.1) is 0 Å². The SMILES string of the molecule is Cc1cc(C(F)(F)F)cc2occ(Cc3c(Cl)ccc(C=O)c3Cl)c12. The molecule has 7 heteroatoms. The minimum atomic E-state index is -4.45. The molecule has 0 aliphatic heterocycles. The van der Waals surface area contributed by atoms with Crippen LogP contribution in [0.3, 0.4) is 0 Å². The second-order valence-electron chi connectivity index (χ2n) is 5.65. The largest absolute Gasteiger partial charge is 0.464 e. The molecule has 1 heterocycles. The maximum absolute atomic E-state index is 12.9. The van der Waals surface area contributed by atoms with E-state index in [9.17, 15) is 18.0 Å². The van der Waals surface area contributed by atoms with Gasteiger partial charge in [-0.1, -0.05) is 23.2 Å². The van der Waals surface area contributed by atoms with Gasteiger partial charge in [0.05, 0.1) is 16.8 Å². The monoisotopic (exact) mass is 386 g/mol. The number of aldehydes is 1. The van der Waals surface area contributed by atoms with E-state index in [0.29, 0.717) is 38.9 Å². The molecule has 0 radical (unpaired) electrons. The van der Waals surface area contributed by atoms with Crippen molar-refractivity contribution in [2.24, 2.45) is 0 Å². The van der Waals surface area contributed by atoms with E-state index in [1.807, 2.05) is 0 Å². The highest BCUT2D eigenvalue weighted by molar-refractivity contribution is 6.37. The van der Waals surface area contributed by atoms with E-state index in [-0.39, 0.29) is 17.0 Å². The van der Waals surface area contributed by atoms with Crippen molar-refractivity contribution in [2.75, 3.05) is 0 Å². The molecule has 130 valence electrons. The number of aryl methyl sites for hydroxylation is 1. The van der Waals surface area contributed by atoms with Crippen molar-refractivity contribution in [3.05, 3.63) is 68.4 Å². The van der Waals surface area contributed by atoms with Crippen molar-refractivity contribution in [1.82, 2.24) is 0 Å². The molecule has 0 N–H and O–H groups in total. The smallest absolute Gasteiger partial charge is 0.416 e. The normalized spacial score (nSPS) is 11.9. The van der Waals surface area contributed by atoms with E-state index in [1.54, 1.807) is 13.0 Å². The Morgan fingerprint density at radius 1 is 1.20 bits per heavy atom. The van der Waals surface area contributed by atoms with E-state index < -0.39 is 11.7 Å². The lowest BCUT2D eigenvalue weighted by Crippen LogP contribution is -2.05. The number of rotatable bonds is 3. The zero-order valence-electron chi connectivity index (χ0n) is 12.9. The highest BCUT2D eigenvalue weighted by Gasteiger charge is 2.32. The van der Waals surface area contributed by atoms with Gasteiger partial charge in [-0.3, -0.25) is 4.79 Å². The molecular formula is C18H11Cl2F3O2. The first-order valence-corrected chi connectivity index (χ1v) is 7.98. The number of benzene rings is 2. The van der Waals surface area contributed by atoms with Crippen molar-refractivity contribution in [3.8, 4) is 0 Å². The van der Waals surface area contributed by atoms with Crippen molar-refractivity contribution in [3.63, 3.8) is 0 Å². The van der Waals surface area contributed by atoms with E-state index >= 15 is 0 Å². The van der Waals surface area contributed by atoms with Crippen LogP contribution in [-0.4, -0.2) is 6.29 Å². The number of fused-ring (bicyclic) bond motifs is 1. The van der Waals surface area contributed by atoms with Gasteiger partial charge in [-0.25, -0.2) is 0 Å². The van der Waals surface area contributed by atoms with Crippen LogP contribution in [0.1, 0.15) is 32.6 Å². The van der Waals surface area contributed by atoms with Gasteiger partial charge < -0.3 is 4.42 Å². The molecule has 0 amide bonds. The summed E-state index contributed by atoms with van der Waals surface area (Å²) in [7, 11) is 0. The first-order chi connectivity index (χ1) is 11.7. The molecule has 0 bridgehead atoms. The molecule has 0 aliphatic rings. The summed E-state index contributed by atoms with van der Waals surface area (Å²) in [5.41, 5.74) is 1.28. The minimum Gasteiger partial charge on any atom is -0.464 e. The summed E-state index contributed by atoms with van der Waals surface area (Å²) in [5, 5.41) is 1.17. The molecule has 0 saturated heterocycles. The summed E-state index contributed by atoms with van der Waals surface area (Å²) in [6.45, 7) is 1.58. The van der Waals surface area contributed by atoms with Crippen LogP contribution in [-0.2, 0) is 12.6 Å². The van der Waals surface area contributed by atoms with Crippen LogP contribution in [0, 0.1) is 6.92 Å². The van der Waals surface area contributed by atoms with Crippen LogP contribution < -0.4 is 0 Å². The molecule has 0 unspecified atom stereocenters. The van der Waals surface area contributed by atoms with E-state index in [0.717, 1.165) is 12.1 Å². The summed E-state index contributed by atoms with van der Waals surface area (Å²) in [6.07, 6.45) is -2.20. The Morgan fingerprint density at radius 3 is 2.56 bits per heavy atom. The fraction of sp³-hybridized carbons (Fsp3) is 0.167. The van der Waals surface area contributed by atoms with Crippen molar-refractivity contribution < 1.29 is 22.4 Å². The third-order valence-electron chi connectivity index (χ3n) is 3.99. The molecule has 0 atom stereocenters. The van der Waals surface area contributed by atoms with Crippen LogP contribution in [0.4, 0.5) is 13.2 Å². The Labute approximate surface area is 151 Å². The van der Waals surface area contributed by atoms with Crippen molar-refractivity contribution in [2.45, 2.75) is 19.5 Å². The lowest BCUT2D eigenvalue weighted by Gasteiger charge is -2.10. The molecule has 0 spiro atoms. The second kappa shape index (κ2) is 6.39. The Kier molecular flexibility index (Phi) is 4.56. The molecule has 0 saturated carbocycles. The van der Waals surface area contributed by atoms with Crippen molar-refractivity contribution in [1.29, 1.82) is 0 Å². The lowest BCUT2D eigenvalue weighted by atomic mass is 9.98. The Bertz CT molecular complexity index is 975. The number of carbonyl (C=O) groups excluding carboxylic acids is 1. The maximum atomic E-state index is 12.9. The van der Waals surface area contributed by atoms with Crippen LogP contribution in [0.2, 0.25) is 10.0 Å². The summed E-state index contributed by atoms with van der Waals surface area (Å²) in [5.74, 6) is 0. The van der Waals surface area contributed by atoms with Gasteiger partial charge in [0.15, 0.2) is 6.29 Å².